The van der Waals surface area contributed by atoms with Crippen molar-refractivity contribution >= 4 is 63.5 Å². The number of hydrogen-bond donors (Lipinski definition) is 0. The van der Waals surface area contributed by atoms with E-state index >= 15 is 0 Å². The lowest BCUT2D eigenvalue weighted by atomic mass is 10.1. The first kappa shape index (κ1) is 21.4. The molecular weight excluding hydrogens is 454 g/mol. The van der Waals surface area contributed by atoms with Gasteiger partial charge in [0.15, 0.2) is 4.32 Å². The van der Waals surface area contributed by atoms with E-state index in [9.17, 15) is 14.7 Å². The van der Waals surface area contributed by atoms with E-state index < -0.39 is 5.97 Å². The van der Waals surface area contributed by atoms with Crippen molar-refractivity contribution in [1.82, 2.24) is 0 Å². The fourth-order valence-corrected chi connectivity index (χ4v) is 4.74. The summed E-state index contributed by atoms with van der Waals surface area (Å²) in [4.78, 5) is 26.2. The molecule has 4 rings (SSSR count). The van der Waals surface area contributed by atoms with E-state index in [1.165, 1.54) is 28.8 Å². The fourth-order valence-electron chi connectivity index (χ4n) is 3.28. The first-order valence-corrected chi connectivity index (χ1v) is 10.8. The molecule has 2 aromatic carbocycles. The highest BCUT2D eigenvalue weighted by atomic mass is 35.5. The monoisotopic (exact) mass is 468 g/mol. The predicted octanol–water partition coefficient (Wildman–Crippen LogP) is 4.99. The van der Waals surface area contributed by atoms with Crippen LogP contribution in [0.5, 0.6) is 0 Å². The average Bonchev–Trinajstić information content (AvgIpc) is 3.28. The van der Waals surface area contributed by atoms with Gasteiger partial charge in [-0.15, -0.1) is 0 Å². The summed E-state index contributed by atoms with van der Waals surface area (Å²) < 4.78 is 6.26. The standard InChI is InChI=1S/C23H16ClNO4S2/c1-12-3-7-18(13(2)9-12)25-21(26)20(31-23(25)30)11-15-5-8-19(29-15)14-4-6-17(24)16(10-14)22(27)28/h3-11H,1-2H3,(H,27,28)/p-1/b20-11+. The lowest BCUT2D eigenvalue weighted by Gasteiger charge is -2.17. The maximum absolute atomic E-state index is 13.0. The van der Waals surface area contributed by atoms with Crippen LogP contribution in [-0.4, -0.2) is 16.2 Å². The number of furan rings is 1. The number of hydrogen-bond acceptors (Lipinski definition) is 6. The van der Waals surface area contributed by atoms with Gasteiger partial charge in [0.1, 0.15) is 11.5 Å². The Bertz CT molecular complexity index is 1280. The van der Waals surface area contributed by atoms with Gasteiger partial charge in [0.2, 0.25) is 0 Å². The third kappa shape index (κ3) is 4.17. The molecule has 0 N–H and O–H groups in total. The Balaban J connectivity index is 1.63. The number of benzene rings is 2. The molecule has 2 heterocycles. The molecule has 31 heavy (non-hydrogen) atoms. The summed E-state index contributed by atoms with van der Waals surface area (Å²) in [5, 5.41) is 11.3. The van der Waals surface area contributed by atoms with Crippen molar-refractivity contribution in [3.05, 3.63) is 80.9 Å². The highest BCUT2D eigenvalue weighted by molar-refractivity contribution is 8.27. The Morgan fingerprint density at radius 2 is 1.94 bits per heavy atom. The van der Waals surface area contributed by atoms with E-state index in [1.807, 2.05) is 32.0 Å². The van der Waals surface area contributed by atoms with Gasteiger partial charge in [0.25, 0.3) is 5.91 Å². The first-order valence-electron chi connectivity index (χ1n) is 9.21. The molecule has 0 aliphatic carbocycles. The molecule has 8 heteroatoms. The van der Waals surface area contributed by atoms with Crippen LogP contribution in [0.1, 0.15) is 27.2 Å². The number of carbonyl (C=O) groups excluding carboxylic acids is 2. The zero-order chi connectivity index (χ0) is 22.3. The number of amides is 1. The topological polar surface area (TPSA) is 73.6 Å². The van der Waals surface area contributed by atoms with E-state index in [1.54, 1.807) is 24.3 Å². The molecule has 0 radical (unpaired) electrons. The number of aromatic carboxylic acids is 1. The minimum atomic E-state index is -1.37. The van der Waals surface area contributed by atoms with Gasteiger partial charge >= 0.3 is 0 Å². The van der Waals surface area contributed by atoms with E-state index in [0.29, 0.717) is 26.3 Å². The molecule has 3 aromatic rings. The van der Waals surface area contributed by atoms with Crippen molar-refractivity contribution in [2.75, 3.05) is 4.90 Å². The molecule has 1 aliphatic rings. The van der Waals surface area contributed by atoms with E-state index in [0.717, 1.165) is 16.8 Å². The molecule has 5 nitrogen and oxygen atoms in total. The lowest BCUT2D eigenvalue weighted by molar-refractivity contribution is -0.255. The molecule has 0 unspecified atom stereocenters. The fraction of sp³-hybridized carbons (Fsp3) is 0.0870. The van der Waals surface area contributed by atoms with Crippen molar-refractivity contribution in [3.8, 4) is 11.3 Å². The molecule has 0 bridgehead atoms. The molecule has 156 valence electrons. The maximum atomic E-state index is 13.0. The van der Waals surface area contributed by atoms with Crippen LogP contribution in [0.2, 0.25) is 5.02 Å². The number of anilines is 1. The van der Waals surface area contributed by atoms with E-state index in [-0.39, 0.29) is 16.5 Å². The summed E-state index contributed by atoms with van der Waals surface area (Å²) in [5.41, 5.74) is 3.24. The number of carbonyl (C=O) groups is 2. The average molecular weight is 469 g/mol. The quantitative estimate of drug-likeness (QED) is 0.397. The summed E-state index contributed by atoms with van der Waals surface area (Å²) in [5.74, 6) is -0.698. The highest BCUT2D eigenvalue weighted by Gasteiger charge is 2.34. The first-order chi connectivity index (χ1) is 14.7. The number of thiocarbonyl (C=S) groups is 1. The van der Waals surface area contributed by atoms with Crippen LogP contribution >= 0.6 is 35.6 Å². The Kier molecular flexibility index (Phi) is 5.75. The molecule has 0 saturated carbocycles. The summed E-state index contributed by atoms with van der Waals surface area (Å²) in [6, 6.07) is 13.7. The Hall–Kier alpha value is -2.87. The number of carboxylic acids is 1. The van der Waals surface area contributed by atoms with Gasteiger partial charge in [-0.05, 0) is 55.8 Å². The second-order valence-corrected chi connectivity index (χ2v) is 9.07. The molecule has 1 amide bonds. The maximum Gasteiger partial charge on any atom is 0.270 e. The Labute approximate surface area is 193 Å². The van der Waals surface area contributed by atoms with Crippen LogP contribution in [0.25, 0.3) is 17.4 Å². The molecular formula is C23H15ClNO4S2-. The van der Waals surface area contributed by atoms with Crippen LogP contribution in [0.4, 0.5) is 5.69 Å². The van der Waals surface area contributed by atoms with Gasteiger partial charge in [0.05, 0.1) is 16.6 Å². The molecule has 0 atom stereocenters. The van der Waals surface area contributed by atoms with Crippen molar-refractivity contribution in [3.63, 3.8) is 0 Å². The highest BCUT2D eigenvalue weighted by Crippen LogP contribution is 2.38. The number of aryl methyl sites for hydroxylation is 2. The summed E-state index contributed by atoms with van der Waals surface area (Å²) in [6.45, 7) is 3.93. The number of carboxylic acid groups (broad SMARTS) is 1. The largest absolute Gasteiger partial charge is 0.545 e. The van der Waals surface area contributed by atoms with Gasteiger partial charge in [-0.1, -0.05) is 53.3 Å². The zero-order valence-corrected chi connectivity index (χ0v) is 18.9. The number of halogens is 1. The van der Waals surface area contributed by atoms with Crippen LogP contribution in [0.3, 0.4) is 0 Å². The molecule has 0 spiro atoms. The number of rotatable bonds is 4. The van der Waals surface area contributed by atoms with Crippen molar-refractivity contribution < 1.29 is 19.1 Å². The third-order valence-electron chi connectivity index (χ3n) is 4.76. The van der Waals surface area contributed by atoms with Crippen molar-refractivity contribution in [2.45, 2.75) is 13.8 Å². The molecule has 1 aromatic heterocycles. The smallest absolute Gasteiger partial charge is 0.270 e. The Morgan fingerprint density at radius 1 is 1.16 bits per heavy atom. The molecule has 1 fully saturated rings. The molecule has 1 aliphatic heterocycles. The minimum absolute atomic E-state index is 0.0885. The van der Waals surface area contributed by atoms with Gasteiger partial charge < -0.3 is 14.3 Å². The summed E-state index contributed by atoms with van der Waals surface area (Å²) >= 11 is 12.5. The van der Waals surface area contributed by atoms with Crippen LogP contribution in [0, 0.1) is 13.8 Å². The van der Waals surface area contributed by atoms with Crippen molar-refractivity contribution in [1.29, 1.82) is 0 Å². The summed E-state index contributed by atoms with van der Waals surface area (Å²) in [7, 11) is 0. The van der Waals surface area contributed by atoms with Crippen molar-refractivity contribution in [2.24, 2.45) is 0 Å². The zero-order valence-electron chi connectivity index (χ0n) is 16.5. The second-order valence-electron chi connectivity index (χ2n) is 6.99. The van der Waals surface area contributed by atoms with Gasteiger partial charge in [-0.2, -0.15) is 0 Å². The normalized spacial score (nSPS) is 15.2. The number of nitrogens with zero attached hydrogens (tertiary/aromatic N) is 1. The second kappa shape index (κ2) is 8.34. The SMILES string of the molecule is Cc1ccc(N2C(=O)/C(=C\c3ccc(-c4ccc(Cl)c(C(=O)[O-])c4)o3)SC2=S)c(C)c1. The van der Waals surface area contributed by atoms with Crippen LogP contribution in [-0.2, 0) is 4.79 Å². The van der Waals surface area contributed by atoms with E-state index in [4.69, 9.17) is 28.2 Å². The molecule has 1 saturated heterocycles. The third-order valence-corrected chi connectivity index (χ3v) is 6.39. The Morgan fingerprint density at radius 3 is 2.65 bits per heavy atom. The van der Waals surface area contributed by atoms with Crippen LogP contribution in [0.15, 0.2) is 57.9 Å². The van der Waals surface area contributed by atoms with Gasteiger partial charge in [-0.25, -0.2) is 0 Å². The van der Waals surface area contributed by atoms with Crippen LogP contribution < -0.4 is 10.0 Å². The van der Waals surface area contributed by atoms with Gasteiger partial charge in [-0.3, -0.25) is 9.69 Å². The lowest BCUT2D eigenvalue weighted by Crippen LogP contribution is -2.28. The van der Waals surface area contributed by atoms with Gasteiger partial charge in [0, 0.05) is 22.2 Å². The predicted molar refractivity (Wildman–Crippen MR) is 125 cm³/mol. The minimum Gasteiger partial charge on any atom is -0.545 e. The number of thioether (sulfide) groups is 1. The summed E-state index contributed by atoms with van der Waals surface area (Å²) in [6.07, 6.45) is 1.63. The van der Waals surface area contributed by atoms with E-state index in [2.05, 4.69) is 0 Å².